The number of hydrogen-bond acceptors (Lipinski definition) is 4. The second-order valence-electron chi connectivity index (χ2n) is 7.80. The van der Waals surface area contributed by atoms with Crippen molar-refractivity contribution >= 4 is 21.9 Å². The quantitative estimate of drug-likeness (QED) is 0.765. The molecule has 1 aliphatic heterocycles. The van der Waals surface area contributed by atoms with Gasteiger partial charge in [0.25, 0.3) is 0 Å². The van der Waals surface area contributed by atoms with E-state index >= 15 is 0 Å². The molecular weight excluding hydrogens is 368 g/mol. The number of carboxylic acid groups (broad SMARTS) is 1. The standard InChI is InChI=1S/C19H26N2O5S/c1-12-9-13(2)16(14(3)10-12)27(25,26)21-8-4-5-15(21)17(22)20-11-19(6-7-19)18(23)24/h9-10,15H,4-8,11H2,1-3H3,(H,20,22)(H,23,24). The predicted octanol–water partition coefficient (Wildman–Crippen LogP) is 1.75. The van der Waals surface area contributed by atoms with Crippen molar-refractivity contribution in [2.24, 2.45) is 5.41 Å². The molecule has 1 saturated heterocycles. The smallest absolute Gasteiger partial charge is 0.311 e. The Bertz CT molecular complexity index is 866. The predicted molar refractivity (Wildman–Crippen MR) is 99.9 cm³/mol. The molecule has 2 N–H and O–H groups in total. The first kappa shape index (κ1) is 19.8. The first-order valence-electron chi connectivity index (χ1n) is 9.19. The van der Waals surface area contributed by atoms with Gasteiger partial charge >= 0.3 is 5.97 Å². The number of aryl methyl sites for hydroxylation is 3. The first-order valence-corrected chi connectivity index (χ1v) is 10.6. The highest BCUT2D eigenvalue weighted by molar-refractivity contribution is 7.89. The normalized spacial score (nSPS) is 21.8. The molecule has 1 amide bonds. The van der Waals surface area contributed by atoms with Gasteiger partial charge in [0.1, 0.15) is 6.04 Å². The number of sulfonamides is 1. The molecule has 1 aromatic rings. The third-order valence-corrected chi connectivity index (χ3v) is 7.80. The van der Waals surface area contributed by atoms with Gasteiger partial charge in [-0.25, -0.2) is 8.42 Å². The minimum atomic E-state index is -3.81. The van der Waals surface area contributed by atoms with E-state index in [4.69, 9.17) is 0 Å². The van der Waals surface area contributed by atoms with Crippen LogP contribution < -0.4 is 5.32 Å². The summed E-state index contributed by atoms with van der Waals surface area (Å²) in [5, 5.41) is 11.9. The number of benzene rings is 1. The van der Waals surface area contributed by atoms with E-state index in [9.17, 15) is 23.1 Å². The zero-order chi connectivity index (χ0) is 20.0. The topological polar surface area (TPSA) is 104 Å². The molecule has 1 atom stereocenters. The molecular formula is C19H26N2O5S. The van der Waals surface area contributed by atoms with Crippen LogP contribution in [0.15, 0.2) is 17.0 Å². The van der Waals surface area contributed by atoms with Gasteiger partial charge in [0.2, 0.25) is 15.9 Å². The maximum Gasteiger partial charge on any atom is 0.311 e. The molecule has 1 saturated carbocycles. The van der Waals surface area contributed by atoms with Crippen LogP contribution in [-0.2, 0) is 19.6 Å². The fourth-order valence-electron chi connectivity index (χ4n) is 3.97. The van der Waals surface area contributed by atoms with Crippen LogP contribution in [0.2, 0.25) is 0 Å². The summed E-state index contributed by atoms with van der Waals surface area (Å²) in [4.78, 5) is 24.2. The van der Waals surface area contributed by atoms with Gasteiger partial charge in [-0.3, -0.25) is 9.59 Å². The van der Waals surface area contributed by atoms with Crippen molar-refractivity contribution in [3.8, 4) is 0 Å². The van der Waals surface area contributed by atoms with Crippen molar-refractivity contribution in [2.45, 2.75) is 57.4 Å². The van der Waals surface area contributed by atoms with Gasteiger partial charge in [-0.2, -0.15) is 4.31 Å². The Morgan fingerprint density at radius 1 is 1.22 bits per heavy atom. The number of hydrogen-bond donors (Lipinski definition) is 2. The molecule has 1 unspecified atom stereocenters. The van der Waals surface area contributed by atoms with Crippen LogP contribution in [0.5, 0.6) is 0 Å². The van der Waals surface area contributed by atoms with Gasteiger partial charge in [-0.1, -0.05) is 17.7 Å². The zero-order valence-electron chi connectivity index (χ0n) is 15.9. The van der Waals surface area contributed by atoms with Crippen LogP contribution in [0.4, 0.5) is 0 Å². The van der Waals surface area contributed by atoms with Crippen molar-refractivity contribution < 1.29 is 23.1 Å². The minimum Gasteiger partial charge on any atom is -0.481 e. The summed E-state index contributed by atoms with van der Waals surface area (Å²) in [5.41, 5.74) is 1.45. The molecule has 7 nitrogen and oxygen atoms in total. The van der Waals surface area contributed by atoms with E-state index in [0.29, 0.717) is 36.8 Å². The molecule has 27 heavy (non-hydrogen) atoms. The number of nitrogens with zero attached hydrogens (tertiary/aromatic N) is 1. The van der Waals surface area contributed by atoms with Crippen LogP contribution in [0, 0.1) is 26.2 Å². The second-order valence-corrected chi connectivity index (χ2v) is 9.63. The van der Waals surface area contributed by atoms with Crippen LogP contribution in [-0.4, -0.2) is 48.8 Å². The maximum atomic E-state index is 13.3. The largest absolute Gasteiger partial charge is 0.481 e. The molecule has 8 heteroatoms. The average molecular weight is 394 g/mol. The number of nitrogens with one attached hydrogen (secondary N) is 1. The molecule has 1 aromatic carbocycles. The second kappa shape index (κ2) is 6.91. The van der Waals surface area contributed by atoms with Gasteiger partial charge < -0.3 is 10.4 Å². The number of amides is 1. The lowest BCUT2D eigenvalue weighted by Crippen LogP contribution is -2.48. The van der Waals surface area contributed by atoms with Crippen LogP contribution in [0.25, 0.3) is 0 Å². The summed E-state index contributed by atoms with van der Waals surface area (Å²) in [5.74, 6) is -1.32. The molecule has 0 spiro atoms. The summed E-state index contributed by atoms with van der Waals surface area (Å²) in [6.45, 7) is 5.79. The van der Waals surface area contributed by atoms with E-state index in [-0.39, 0.29) is 18.0 Å². The van der Waals surface area contributed by atoms with E-state index in [2.05, 4.69) is 5.32 Å². The summed E-state index contributed by atoms with van der Waals surface area (Å²) in [7, 11) is -3.81. The van der Waals surface area contributed by atoms with Crippen molar-refractivity contribution in [3.63, 3.8) is 0 Å². The van der Waals surface area contributed by atoms with Crippen LogP contribution in [0.3, 0.4) is 0 Å². The van der Waals surface area contributed by atoms with Crippen LogP contribution in [0.1, 0.15) is 42.4 Å². The molecule has 1 heterocycles. The molecule has 3 rings (SSSR count). The van der Waals surface area contributed by atoms with E-state index < -0.39 is 33.4 Å². The zero-order valence-corrected chi connectivity index (χ0v) is 16.7. The summed E-state index contributed by atoms with van der Waals surface area (Å²) in [6.07, 6.45) is 2.12. The molecule has 148 valence electrons. The number of carbonyl (C=O) groups excluding carboxylic acids is 1. The fourth-order valence-corrected chi connectivity index (χ4v) is 6.04. The Kier molecular flexibility index (Phi) is 5.07. The highest BCUT2D eigenvalue weighted by Gasteiger charge is 2.51. The SMILES string of the molecule is Cc1cc(C)c(S(=O)(=O)N2CCCC2C(=O)NCC2(C(=O)O)CC2)c(C)c1. The van der Waals surface area contributed by atoms with Gasteiger partial charge in [0.05, 0.1) is 10.3 Å². The Morgan fingerprint density at radius 3 is 2.33 bits per heavy atom. The fraction of sp³-hybridized carbons (Fsp3) is 0.579. The van der Waals surface area contributed by atoms with Gasteiger partial charge in [-0.15, -0.1) is 0 Å². The van der Waals surface area contributed by atoms with Crippen molar-refractivity contribution in [3.05, 3.63) is 28.8 Å². The molecule has 0 aromatic heterocycles. The Hall–Kier alpha value is -1.93. The average Bonchev–Trinajstić information content (AvgIpc) is 3.18. The lowest BCUT2D eigenvalue weighted by atomic mass is 10.1. The number of carboxylic acids is 1. The molecule has 1 aliphatic carbocycles. The molecule has 2 fully saturated rings. The minimum absolute atomic E-state index is 0.0497. The highest BCUT2D eigenvalue weighted by Crippen LogP contribution is 2.45. The van der Waals surface area contributed by atoms with E-state index in [1.54, 1.807) is 13.8 Å². The Morgan fingerprint density at radius 2 is 1.81 bits per heavy atom. The lowest BCUT2D eigenvalue weighted by Gasteiger charge is -2.25. The third kappa shape index (κ3) is 3.60. The summed E-state index contributed by atoms with van der Waals surface area (Å²) < 4.78 is 27.8. The van der Waals surface area contributed by atoms with E-state index in [1.165, 1.54) is 4.31 Å². The molecule has 0 bridgehead atoms. The van der Waals surface area contributed by atoms with Gasteiger partial charge in [0, 0.05) is 13.1 Å². The number of rotatable bonds is 6. The highest BCUT2D eigenvalue weighted by atomic mass is 32.2. The Balaban J connectivity index is 1.81. The van der Waals surface area contributed by atoms with Crippen molar-refractivity contribution in [2.75, 3.05) is 13.1 Å². The van der Waals surface area contributed by atoms with Gasteiger partial charge in [0.15, 0.2) is 0 Å². The molecule has 2 aliphatic rings. The maximum absolute atomic E-state index is 13.3. The number of aliphatic carboxylic acids is 1. The van der Waals surface area contributed by atoms with Crippen molar-refractivity contribution in [1.29, 1.82) is 0 Å². The van der Waals surface area contributed by atoms with E-state index in [1.807, 2.05) is 19.1 Å². The molecule has 0 radical (unpaired) electrons. The lowest BCUT2D eigenvalue weighted by molar-refractivity contribution is -0.143. The van der Waals surface area contributed by atoms with Gasteiger partial charge in [-0.05, 0) is 57.6 Å². The van der Waals surface area contributed by atoms with E-state index in [0.717, 1.165) is 5.56 Å². The van der Waals surface area contributed by atoms with Crippen molar-refractivity contribution in [1.82, 2.24) is 9.62 Å². The number of carbonyl (C=O) groups is 2. The first-order chi connectivity index (χ1) is 12.6. The monoisotopic (exact) mass is 394 g/mol. The summed E-state index contributed by atoms with van der Waals surface area (Å²) in [6, 6.07) is 2.86. The summed E-state index contributed by atoms with van der Waals surface area (Å²) >= 11 is 0. The Labute approximate surface area is 159 Å². The third-order valence-electron chi connectivity index (χ3n) is 5.59. The van der Waals surface area contributed by atoms with Crippen LogP contribution >= 0.6 is 0 Å².